The third kappa shape index (κ3) is 10.0. The Morgan fingerprint density at radius 1 is 0.632 bits per heavy atom. The molecule has 2 aromatic carbocycles. The number of unbranched alkanes of at least 4 members (excludes halogenated alkanes) is 5. The fraction of sp³-hybridized carbons (Fsp3) is 0.636. The van der Waals surface area contributed by atoms with Crippen LogP contribution < -0.4 is 4.90 Å². The van der Waals surface area contributed by atoms with Crippen LogP contribution in [0.2, 0.25) is 0 Å². The predicted molar refractivity (Wildman–Crippen MR) is 166 cm³/mol. The molecular weight excluding hydrogens is 488 g/mol. The standard InChI is InChI=1S/C33H54N2O2S/c1-6-11-12-13-14-18-22-31(34(7-2)8-3)23-19-28-38(36,37)33(29-20-16-15-17-21-29)30-24-26-32(27-25-30)35(9-4)10-5/h15-17,20-21,24-27,31,33H,6-14,18-19,22-23,28H2,1-5H3. The summed E-state index contributed by atoms with van der Waals surface area (Å²) >= 11 is 0. The van der Waals surface area contributed by atoms with Gasteiger partial charge in [-0.2, -0.15) is 0 Å². The average Bonchev–Trinajstić information content (AvgIpc) is 2.93. The number of rotatable bonds is 20. The summed E-state index contributed by atoms with van der Waals surface area (Å²) in [5, 5.41) is -0.625. The zero-order valence-corrected chi connectivity index (χ0v) is 25.7. The molecule has 214 valence electrons. The lowest BCUT2D eigenvalue weighted by Gasteiger charge is -2.30. The van der Waals surface area contributed by atoms with E-state index in [0.29, 0.717) is 12.5 Å². The van der Waals surface area contributed by atoms with Crippen LogP contribution in [0, 0.1) is 0 Å². The van der Waals surface area contributed by atoms with Gasteiger partial charge in [0, 0.05) is 24.8 Å². The average molecular weight is 543 g/mol. The Hall–Kier alpha value is -1.85. The van der Waals surface area contributed by atoms with Crippen molar-refractivity contribution in [2.24, 2.45) is 0 Å². The molecule has 2 atom stereocenters. The van der Waals surface area contributed by atoms with Gasteiger partial charge in [0.1, 0.15) is 5.25 Å². The maximum atomic E-state index is 13.9. The van der Waals surface area contributed by atoms with Gasteiger partial charge in [-0.15, -0.1) is 0 Å². The topological polar surface area (TPSA) is 40.6 Å². The highest BCUT2D eigenvalue weighted by Crippen LogP contribution is 2.33. The fourth-order valence-electron chi connectivity index (χ4n) is 5.73. The van der Waals surface area contributed by atoms with Crippen LogP contribution in [0.25, 0.3) is 0 Å². The molecule has 4 nitrogen and oxygen atoms in total. The van der Waals surface area contributed by atoms with Crippen molar-refractivity contribution < 1.29 is 8.42 Å². The van der Waals surface area contributed by atoms with E-state index in [-0.39, 0.29) is 5.75 Å². The second kappa shape index (κ2) is 17.7. The normalized spacial score (nSPS) is 13.5. The highest BCUT2D eigenvalue weighted by atomic mass is 32.2. The molecule has 0 fully saturated rings. The van der Waals surface area contributed by atoms with Gasteiger partial charge < -0.3 is 9.80 Å². The maximum Gasteiger partial charge on any atom is 0.161 e. The maximum absolute atomic E-state index is 13.9. The van der Waals surface area contributed by atoms with E-state index in [0.717, 1.165) is 49.4 Å². The lowest BCUT2D eigenvalue weighted by Crippen LogP contribution is -2.35. The molecule has 0 aliphatic carbocycles. The van der Waals surface area contributed by atoms with E-state index in [4.69, 9.17) is 0 Å². The summed E-state index contributed by atoms with van der Waals surface area (Å²) in [7, 11) is -3.38. The molecule has 0 saturated carbocycles. The Labute approximate surface area is 234 Å². The van der Waals surface area contributed by atoms with E-state index in [9.17, 15) is 8.42 Å². The van der Waals surface area contributed by atoms with E-state index >= 15 is 0 Å². The van der Waals surface area contributed by atoms with Gasteiger partial charge in [-0.05, 0) is 69.5 Å². The number of anilines is 1. The Kier molecular flexibility index (Phi) is 15.1. The molecule has 2 unspecified atom stereocenters. The van der Waals surface area contributed by atoms with Gasteiger partial charge in [-0.3, -0.25) is 0 Å². The van der Waals surface area contributed by atoms with Gasteiger partial charge in [0.25, 0.3) is 0 Å². The number of hydrogen-bond donors (Lipinski definition) is 0. The first-order valence-corrected chi connectivity index (χ1v) is 17.0. The summed E-state index contributed by atoms with van der Waals surface area (Å²) in [6, 6.07) is 18.4. The minimum absolute atomic E-state index is 0.221. The smallest absolute Gasteiger partial charge is 0.161 e. The van der Waals surface area contributed by atoms with E-state index in [1.165, 1.54) is 44.9 Å². The predicted octanol–water partition coefficient (Wildman–Crippen LogP) is 8.28. The fourth-order valence-corrected chi connectivity index (χ4v) is 7.68. The molecule has 0 N–H and O–H groups in total. The van der Waals surface area contributed by atoms with Crippen molar-refractivity contribution >= 4 is 15.5 Å². The minimum atomic E-state index is -3.38. The van der Waals surface area contributed by atoms with Crippen molar-refractivity contribution in [3.8, 4) is 0 Å². The summed E-state index contributed by atoms with van der Waals surface area (Å²) in [5.41, 5.74) is 2.86. The lowest BCUT2D eigenvalue weighted by atomic mass is 10.0. The van der Waals surface area contributed by atoms with Crippen molar-refractivity contribution in [1.29, 1.82) is 0 Å². The highest BCUT2D eigenvalue weighted by molar-refractivity contribution is 7.91. The Balaban J connectivity index is 2.14. The van der Waals surface area contributed by atoms with Crippen LogP contribution in [0.3, 0.4) is 0 Å². The highest BCUT2D eigenvalue weighted by Gasteiger charge is 2.29. The van der Waals surface area contributed by atoms with Crippen molar-refractivity contribution in [2.75, 3.05) is 36.8 Å². The van der Waals surface area contributed by atoms with Crippen LogP contribution in [0.1, 0.15) is 109 Å². The molecule has 0 radical (unpaired) electrons. The number of benzene rings is 2. The molecule has 0 aliphatic heterocycles. The summed E-state index contributed by atoms with van der Waals surface area (Å²) in [6.45, 7) is 14.9. The first-order chi connectivity index (χ1) is 18.4. The van der Waals surface area contributed by atoms with Gasteiger partial charge >= 0.3 is 0 Å². The summed E-state index contributed by atoms with van der Waals surface area (Å²) < 4.78 is 27.8. The van der Waals surface area contributed by atoms with Crippen LogP contribution >= 0.6 is 0 Å². The third-order valence-electron chi connectivity index (χ3n) is 7.97. The SMILES string of the molecule is CCCCCCCCC(CCCS(=O)(=O)C(c1ccccc1)c1ccc(N(CC)CC)cc1)N(CC)CC. The van der Waals surface area contributed by atoms with E-state index in [1.807, 2.05) is 42.5 Å². The summed E-state index contributed by atoms with van der Waals surface area (Å²) in [4.78, 5) is 4.81. The minimum Gasteiger partial charge on any atom is -0.372 e. The summed E-state index contributed by atoms with van der Waals surface area (Å²) in [6.07, 6.45) is 10.6. The van der Waals surface area contributed by atoms with Crippen molar-refractivity contribution in [2.45, 2.75) is 104 Å². The zero-order chi connectivity index (χ0) is 27.8. The molecule has 38 heavy (non-hydrogen) atoms. The van der Waals surface area contributed by atoms with Crippen LogP contribution in [-0.2, 0) is 9.84 Å². The second-order valence-corrected chi connectivity index (χ2v) is 12.7. The van der Waals surface area contributed by atoms with Crippen molar-refractivity contribution in [3.05, 3.63) is 65.7 Å². The van der Waals surface area contributed by atoms with Crippen molar-refractivity contribution in [1.82, 2.24) is 4.90 Å². The van der Waals surface area contributed by atoms with E-state index < -0.39 is 15.1 Å². The van der Waals surface area contributed by atoms with E-state index in [2.05, 4.69) is 56.6 Å². The monoisotopic (exact) mass is 542 g/mol. The van der Waals surface area contributed by atoms with Gasteiger partial charge in [0.05, 0.1) is 5.75 Å². The third-order valence-corrected chi connectivity index (χ3v) is 10.1. The number of hydrogen-bond acceptors (Lipinski definition) is 4. The largest absolute Gasteiger partial charge is 0.372 e. The van der Waals surface area contributed by atoms with Crippen LogP contribution in [0.15, 0.2) is 54.6 Å². The molecular formula is C33H54N2O2S. The molecule has 0 bridgehead atoms. The Morgan fingerprint density at radius 3 is 1.76 bits per heavy atom. The quantitative estimate of drug-likeness (QED) is 0.158. The lowest BCUT2D eigenvalue weighted by molar-refractivity contribution is 0.191. The first kappa shape index (κ1) is 32.4. The van der Waals surface area contributed by atoms with E-state index in [1.54, 1.807) is 0 Å². The molecule has 0 aliphatic rings. The number of sulfone groups is 1. The molecule has 0 heterocycles. The Bertz CT molecular complexity index is 968. The number of nitrogens with zero attached hydrogens (tertiary/aromatic N) is 2. The molecule has 0 amide bonds. The van der Waals surface area contributed by atoms with Crippen molar-refractivity contribution in [3.63, 3.8) is 0 Å². The summed E-state index contributed by atoms with van der Waals surface area (Å²) in [5.74, 6) is 0.221. The molecule has 5 heteroatoms. The van der Waals surface area contributed by atoms with Gasteiger partial charge in [0.2, 0.25) is 0 Å². The molecule has 2 rings (SSSR count). The van der Waals surface area contributed by atoms with Gasteiger partial charge in [-0.1, -0.05) is 102 Å². The molecule has 0 saturated heterocycles. The molecule has 0 aromatic heterocycles. The van der Waals surface area contributed by atoms with Crippen LogP contribution in [-0.4, -0.2) is 51.3 Å². The van der Waals surface area contributed by atoms with Crippen LogP contribution in [0.5, 0.6) is 0 Å². The Morgan fingerprint density at radius 2 is 1.18 bits per heavy atom. The van der Waals surface area contributed by atoms with Gasteiger partial charge in [-0.25, -0.2) is 8.42 Å². The van der Waals surface area contributed by atoms with Crippen LogP contribution in [0.4, 0.5) is 5.69 Å². The second-order valence-electron chi connectivity index (χ2n) is 10.5. The van der Waals surface area contributed by atoms with Gasteiger partial charge in [0.15, 0.2) is 9.84 Å². The molecule has 2 aromatic rings. The molecule has 0 spiro atoms. The zero-order valence-electron chi connectivity index (χ0n) is 24.9. The first-order valence-electron chi connectivity index (χ1n) is 15.3.